The molecule has 0 aliphatic rings. The zero-order valence-electron chi connectivity index (χ0n) is 9.07. The first kappa shape index (κ1) is 11.4. The van der Waals surface area contributed by atoms with Crippen LogP contribution in [0.15, 0.2) is 35.1 Å². The molecule has 1 aromatic carbocycles. The highest BCUT2D eigenvalue weighted by atomic mass is 79.9. The van der Waals surface area contributed by atoms with Gasteiger partial charge in [0, 0.05) is 29.3 Å². The number of aromatic nitrogens is 2. The van der Waals surface area contributed by atoms with E-state index in [1.54, 1.807) is 6.20 Å². The van der Waals surface area contributed by atoms with Crippen LogP contribution in [0.5, 0.6) is 0 Å². The van der Waals surface area contributed by atoms with E-state index in [1.807, 2.05) is 18.3 Å². The molecule has 84 valence electrons. The minimum atomic E-state index is -0.0158. The lowest BCUT2D eigenvalue weighted by atomic mass is 10.0. The Hall–Kier alpha value is -1.13. The van der Waals surface area contributed by atoms with Gasteiger partial charge in [0.15, 0.2) is 0 Å². The summed E-state index contributed by atoms with van der Waals surface area (Å²) in [6.07, 6.45) is 4.29. The lowest BCUT2D eigenvalue weighted by molar-refractivity contribution is 0.694. The average Bonchev–Trinajstić information content (AvgIpc) is 2.74. The zero-order valence-corrected chi connectivity index (χ0v) is 10.7. The third-order valence-electron chi connectivity index (χ3n) is 2.58. The number of halogens is 1. The van der Waals surface area contributed by atoms with E-state index >= 15 is 0 Å². The Labute approximate surface area is 103 Å². The summed E-state index contributed by atoms with van der Waals surface area (Å²) >= 11 is 3.48. The molecule has 4 heteroatoms. The van der Waals surface area contributed by atoms with E-state index in [-0.39, 0.29) is 6.04 Å². The van der Waals surface area contributed by atoms with Crippen LogP contribution in [0.1, 0.15) is 23.0 Å². The van der Waals surface area contributed by atoms with Gasteiger partial charge in [0.25, 0.3) is 0 Å². The zero-order chi connectivity index (χ0) is 11.5. The summed E-state index contributed by atoms with van der Waals surface area (Å²) in [6, 6.07) is 6.17. The minimum absolute atomic E-state index is 0.0158. The first-order valence-electron chi connectivity index (χ1n) is 5.16. The second-order valence-electron chi connectivity index (χ2n) is 3.86. The number of hydrogen-bond donors (Lipinski definition) is 2. The molecular formula is C12H14BrN3. The van der Waals surface area contributed by atoms with Crippen LogP contribution >= 0.6 is 15.9 Å². The molecule has 16 heavy (non-hydrogen) atoms. The van der Waals surface area contributed by atoms with Crippen LogP contribution in [0.25, 0.3) is 0 Å². The molecule has 0 fully saturated rings. The van der Waals surface area contributed by atoms with Crippen molar-refractivity contribution in [3.63, 3.8) is 0 Å². The second-order valence-corrected chi connectivity index (χ2v) is 4.71. The predicted molar refractivity (Wildman–Crippen MR) is 68.1 cm³/mol. The van der Waals surface area contributed by atoms with Crippen LogP contribution in [0, 0.1) is 6.92 Å². The fraction of sp³-hybridized carbons (Fsp3) is 0.250. The van der Waals surface area contributed by atoms with Crippen molar-refractivity contribution in [3.05, 3.63) is 52.0 Å². The van der Waals surface area contributed by atoms with Crippen molar-refractivity contribution >= 4 is 15.9 Å². The summed E-state index contributed by atoms with van der Waals surface area (Å²) in [5.41, 5.74) is 8.47. The largest absolute Gasteiger partial charge is 0.349 e. The van der Waals surface area contributed by atoms with Crippen LogP contribution in [0.2, 0.25) is 0 Å². The lowest BCUT2D eigenvalue weighted by Crippen LogP contribution is -2.14. The second kappa shape index (κ2) is 4.80. The van der Waals surface area contributed by atoms with E-state index in [0.29, 0.717) is 0 Å². The summed E-state index contributed by atoms with van der Waals surface area (Å²) in [5.74, 6) is 0.924. The van der Waals surface area contributed by atoms with Gasteiger partial charge in [-0.2, -0.15) is 0 Å². The van der Waals surface area contributed by atoms with Crippen molar-refractivity contribution in [2.45, 2.75) is 19.4 Å². The van der Waals surface area contributed by atoms with E-state index in [0.717, 1.165) is 22.3 Å². The molecular weight excluding hydrogens is 266 g/mol. The third kappa shape index (κ3) is 2.51. The van der Waals surface area contributed by atoms with E-state index < -0.39 is 0 Å². The average molecular weight is 280 g/mol. The van der Waals surface area contributed by atoms with Gasteiger partial charge in [-0.25, -0.2) is 4.98 Å². The molecule has 2 aromatic rings. The quantitative estimate of drug-likeness (QED) is 0.908. The van der Waals surface area contributed by atoms with Crippen molar-refractivity contribution in [2.75, 3.05) is 0 Å². The number of benzene rings is 1. The van der Waals surface area contributed by atoms with Crippen LogP contribution in [-0.2, 0) is 6.42 Å². The van der Waals surface area contributed by atoms with Crippen molar-refractivity contribution < 1.29 is 0 Å². The maximum Gasteiger partial charge on any atom is 0.107 e. The van der Waals surface area contributed by atoms with Crippen molar-refractivity contribution in [1.82, 2.24) is 9.97 Å². The van der Waals surface area contributed by atoms with Gasteiger partial charge in [-0.1, -0.05) is 28.1 Å². The Bertz CT molecular complexity index is 465. The molecule has 2 rings (SSSR count). The molecule has 0 saturated heterocycles. The lowest BCUT2D eigenvalue weighted by Gasteiger charge is -2.11. The maximum absolute atomic E-state index is 6.13. The molecule has 1 atom stereocenters. The van der Waals surface area contributed by atoms with E-state index in [2.05, 4.69) is 38.9 Å². The van der Waals surface area contributed by atoms with Crippen molar-refractivity contribution in [1.29, 1.82) is 0 Å². The van der Waals surface area contributed by atoms with Gasteiger partial charge in [-0.3, -0.25) is 0 Å². The van der Waals surface area contributed by atoms with Gasteiger partial charge in [0.1, 0.15) is 5.82 Å². The molecule has 0 bridgehead atoms. The smallest absolute Gasteiger partial charge is 0.107 e. The topological polar surface area (TPSA) is 54.7 Å². The van der Waals surface area contributed by atoms with Crippen molar-refractivity contribution in [2.24, 2.45) is 5.73 Å². The first-order chi connectivity index (χ1) is 7.66. The molecule has 3 nitrogen and oxygen atoms in total. The normalized spacial score (nSPS) is 12.7. The Balaban J connectivity index is 2.14. The molecule has 0 aliphatic carbocycles. The molecule has 3 N–H and O–H groups in total. The Morgan fingerprint density at radius 3 is 2.94 bits per heavy atom. The number of nitrogens with zero attached hydrogens (tertiary/aromatic N) is 1. The van der Waals surface area contributed by atoms with Gasteiger partial charge in [0.05, 0.1) is 0 Å². The molecule has 1 heterocycles. The Morgan fingerprint density at radius 1 is 1.50 bits per heavy atom. The number of rotatable bonds is 3. The van der Waals surface area contributed by atoms with Gasteiger partial charge >= 0.3 is 0 Å². The predicted octanol–water partition coefficient (Wildman–Crippen LogP) is 2.72. The van der Waals surface area contributed by atoms with Crippen LogP contribution in [0.4, 0.5) is 0 Å². The highest BCUT2D eigenvalue weighted by Crippen LogP contribution is 2.21. The van der Waals surface area contributed by atoms with Crippen LogP contribution in [-0.4, -0.2) is 9.97 Å². The molecule has 0 radical (unpaired) electrons. The molecule has 0 spiro atoms. The van der Waals surface area contributed by atoms with E-state index in [1.165, 1.54) is 5.56 Å². The number of aryl methyl sites for hydroxylation is 1. The van der Waals surface area contributed by atoms with E-state index in [4.69, 9.17) is 5.73 Å². The number of hydrogen-bond acceptors (Lipinski definition) is 2. The summed E-state index contributed by atoms with van der Waals surface area (Å²) in [4.78, 5) is 7.24. The third-order valence-corrected chi connectivity index (χ3v) is 3.47. The molecule has 0 aliphatic heterocycles. The maximum atomic E-state index is 6.13. The Kier molecular flexibility index (Phi) is 3.41. The van der Waals surface area contributed by atoms with Gasteiger partial charge in [-0.15, -0.1) is 0 Å². The minimum Gasteiger partial charge on any atom is -0.349 e. The highest BCUT2D eigenvalue weighted by molar-refractivity contribution is 9.10. The number of imidazole rings is 1. The summed E-state index contributed by atoms with van der Waals surface area (Å²) in [5, 5.41) is 0. The highest BCUT2D eigenvalue weighted by Gasteiger charge is 2.09. The Morgan fingerprint density at radius 2 is 2.31 bits per heavy atom. The van der Waals surface area contributed by atoms with Crippen LogP contribution < -0.4 is 5.73 Å². The summed E-state index contributed by atoms with van der Waals surface area (Å²) in [7, 11) is 0. The first-order valence-corrected chi connectivity index (χ1v) is 5.96. The van der Waals surface area contributed by atoms with Gasteiger partial charge in [0.2, 0.25) is 0 Å². The fourth-order valence-corrected chi connectivity index (χ4v) is 1.88. The number of nitrogens with two attached hydrogens (primary N) is 1. The van der Waals surface area contributed by atoms with Gasteiger partial charge in [-0.05, 0) is 24.1 Å². The molecule has 0 amide bonds. The summed E-state index contributed by atoms with van der Waals surface area (Å²) in [6.45, 7) is 2.06. The molecule has 1 unspecified atom stereocenters. The van der Waals surface area contributed by atoms with Crippen molar-refractivity contribution in [3.8, 4) is 0 Å². The standard InChI is InChI=1S/C12H14BrN3/c1-8-6-9(2-3-10(8)13)11(14)7-12-15-4-5-16-12/h2-6,11H,7,14H2,1H3,(H,15,16). The molecule has 1 aromatic heterocycles. The fourth-order valence-electron chi connectivity index (χ4n) is 1.63. The molecule has 0 saturated carbocycles. The SMILES string of the molecule is Cc1cc(C(N)Cc2ncc[nH]2)ccc1Br. The van der Waals surface area contributed by atoms with Gasteiger partial charge < -0.3 is 10.7 Å². The monoisotopic (exact) mass is 279 g/mol. The number of aromatic amines is 1. The number of nitrogens with one attached hydrogen (secondary N) is 1. The van der Waals surface area contributed by atoms with Crippen LogP contribution in [0.3, 0.4) is 0 Å². The summed E-state index contributed by atoms with van der Waals surface area (Å²) < 4.78 is 1.11. The van der Waals surface area contributed by atoms with E-state index in [9.17, 15) is 0 Å². The number of H-pyrrole nitrogens is 1.